The number of hydrogen-bond acceptors (Lipinski definition) is 2. The molecule has 0 aliphatic heterocycles. The molecule has 1 rings (SSSR count). The van der Waals surface area contributed by atoms with Gasteiger partial charge in [-0.1, -0.05) is 23.7 Å². The van der Waals surface area contributed by atoms with Crippen molar-refractivity contribution in [1.82, 2.24) is 4.24 Å². The molecular weight excluding hydrogens is 244 g/mol. The van der Waals surface area contributed by atoms with E-state index in [1.807, 2.05) is 0 Å². The number of benzene rings is 1. The average molecular weight is 250 g/mol. The zero-order chi connectivity index (χ0) is 9.19. The molecule has 0 fully saturated rings. The van der Waals surface area contributed by atoms with Gasteiger partial charge in [0.05, 0.1) is 5.02 Å². The summed E-state index contributed by atoms with van der Waals surface area (Å²) in [4.78, 5) is -0.0262. The molecular formula is C6H6Cl2NNaO2S. The van der Waals surface area contributed by atoms with Crippen LogP contribution in [0.3, 0.4) is 0 Å². The van der Waals surface area contributed by atoms with E-state index in [9.17, 15) is 8.42 Å². The van der Waals surface area contributed by atoms with Gasteiger partial charge in [0, 0.05) is 0 Å². The Morgan fingerprint density at radius 1 is 1.31 bits per heavy atom. The molecule has 1 aromatic carbocycles. The van der Waals surface area contributed by atoms with Gasteiger partial charge in [0.15, 0.2) is 0 Å². The van der Waals surface area contributed by atoms with Gasteiger partial charge in [-0.05, 0) is 23.9 Å². The van der Waals surface area contributed by atoms with Crippen molar-refractivity contribution in [2.24, 2.45) is 0 Å². The maximum absolute atomic E-state index is 11.1. The number of rotatable bonds is 2. The van der Waals surface area contributed by atoms with Crippen LogP contribution < -0.4 is 33.8 Å². The maximum atomic E-state index is 11.1. The van der Waals surface area contributed by atoms with Crippen LogP contribution in [0.2, 0.25) is 5.02 Å². The minimum Gasteiger partial charge on any atom is -1.00 e. The Balaban J connectivity index is 0. The normalized spacial score (nSPS) is 10.6. The van der Waals surface area contributed by atoms with E-state index in [0.717, 1.165) is 0 Å². The fourth-order valence-electron chi connectivity index (χ4n) is 0.704. The zero-order valence-electron chi connectivity index (χ0n) is 7.79. The topological polar surface area (TPSA) is 46.2 Å². The molecule has 0 aliphatic rings. The van der Waals surface area contributed by atoms with E-state index in [2.05, 4.69) is 0 Å². The Bertz CT molecular complexity index is 387. The Kier molecular flexibility index (Phi) is 5.86. The van der Waals surface area contributed by atoms with Gasteiger partial charge in [0.1, 0.15) is 4.90 Å². The molecule has 0 saturated heterocycles. The third-order valence-electron chi connectivity index (χ3n) is 1.23. The Hall–Kier alpha value is 0.710. The zero-order valence-corrected chi connectivity index (χ0v) is 11.1. The van der Waals surface area contributed by atoms with Crippen LogP contribution >= 0.6 is 23.4 Å². The summed E-state index contributed by atoms with van der Waals surface area (Å²) >= 11 is 10.6. The SMILES string of the molecule is O=S(=O)(NCl)c1ccccc1Cl.[H-].[Na+]. The second-order valence-corrected chi connectivity index (χ2v) is 4.48. The van der Waals surface area contributed by atoms with Crippen LogP contribution in [0.5, 0.6) is 0 Å². The van der Waals surface area contributed by atoms with E-state index >= 15 is 0 Å². The molecule has 0 aliphatic carbocycles. The number of halogens is 2. The molecule has 0 atom stereocenters. The summed E-state index contributed by atoms with van der Waals surface area (Å²) in [6.45, 7) is 0. The second-order valence-electron chi connectivity index (χ2n) is 2.01. The third kappa shape index (κ3) is 3.40. The maximum Gasteiger partial charge on any atom is 1.00 e. The molecule has 0 unspecified atom stereocenters. The van der Waals surface area contributed by atoms with Gasteiger partial charge in [0.2, 0.25) is 0 Å². The summed E-state index contributed by atoms with van der Waals surface area (Å²) in [5.41, 5.74) is 0. The van der Waals surface area contributed by atoms with Crippen molar-refractivity contribution in [1.29, 1.82) is 0 Å². The van der Waals surface area contributed by atoms with Crippen LogP contribution in [-0.4, -0.2) is 8.42 Å². The first kappa shape index (κ1) is 13.7. The van der Waals surface area contributed by atoms with Crippen LogP contribution in [0.25, 0.3) is 0 Å². The van der Waals surface area contributed by atoms with Gasteiger partial charge in [-0.3, -0.25) is 0 Å². The molecule has 0 saturated carbocycles. The third-order valence-corrected chi connectivity index (χ3v) is 3.42. The number of hydrogen-bond donors (Lipinski definition) is 1. The van der Waals surface area contributed by atoms with E-state index in [1.54, 1.807) is 16.4 Å². The summed E-state index contributed by atoms with van der Waals surface area (Å²) in [5.74, 6) is 0. The quantitative estimate of drug-likeness (QED) is 0.534. The molecule has 1 aromatic rings. The van der Waals surface area contributed by atoms with E-state index in [0.29, 0.717) is 0 Å². The fourth-order valence-corrected chi connectivity index (χ4v) is 2.06. The minimum absolute atomic E-state index is 0. The van der Waals surface area contributed by atoms with E-state index in [-0.39, 0.29) is 40.9 Å². The first-order valence-electron chi connectivity index (χ1n) is 2.95. The van der Waals surface area contributed by atoms with Crippen molar-refractivity contribution in [3.63, 3.8) is 0 Å². The van der Waals surface area contributed by atoms with Crippen molar-refractivity contribution >= 4 is 33.4 Å². The van der Waals surface area contributed by atoms with Gasteiger partial charge in [0.25, 0.3) is 10.0 Å². The molecule has 0 spiro atoms. The van der Waals surface area contributed by atoms with Crippen molar-refractivity contribution in [2.75, 3.05) is 0 Å². The van der Waals surface area contributed by atoms with Crippen LogP contribution in [0.4, 0.5) is 0 Å². The Morgan fingerprint density at radius 3 is 2.31 bits per heavy atom. The number of nitrogens with one attached hydrogen (secondary N) is 1. The largest absolute Gasteiger partial charge is 1.00 e. The monoisotopic (exact) mass is 249 g/mol. The van der Waals surface area contributed by atoms with Crippen molar-refractivity contribution in [2.45, 2.75) is 4.90 Å². The molecule has 13 heavy (non-hydrogen) atoms. The van der Waals surface area contributed by atoms with E-state index in [4.69, 9.17) is 23.4 Å². The van der Waals surface area contributed by atoms with Crippen molar-refractivity contribution in [3.05, 3.63) is 29.3 Å². The first-order valence-corrected chi connectivity index (χ1v) is 5.19. The second kappa shape index (κ2) is 5.56. The summed E-state index contributed by atoms with van der Waals surface area (Å²) in [6, 6.07) is 6.04. The van der Waals surface area contributed by atoms with Gasteiger partial charge in [-0.15, -0.1) is 4.24 Å². The molecule has 68 valence electrons. The molecule has 0 amide bonds. The van der Waals surface area contributed by atoms with Crippen molar-refractivity contribution < 1.29 is 39.4 Å². The van der Waals surface area contributed by atoms with Crippen LogP contribution in [-0.2, 0) is 10.0 Å². The van der Waals surface area contributed by atoms with E-state index in [1.165, 1.54) is 12.1 Å². The predicted molar refractivity (Wildman–Crippen MR) is 48.7 cm³/mol. The summed E-state index contributed by atoms with van der Waals surface area (Å²) in [6.07, 6.45) is 0. The van der Waals surface area contributed by atoms with E-state index < -0.39 is 10.0 Å². The molecule has 3 nitrogen and oxygen atoms in total. The summed E-state index contributed by atoms with van der Waals surface area (Å²) in [5, 5.41) is 0.144. The Morgan fingerprint density at radius 2 is 1.85 bits per heavy atom. The fraction of sp³-hybridized carbons (Fsp3) is 0. The van der Waals surface area contributed by atoms with Crippen molar-refractivity contribution in [3.8, 4) is 0 Å². The summed E-state index contributed by atoms with van der Waals surface area (Å²) in [7, 11) is -3.65. The van der Waals surface area contributed by atoms with Gasteiger partial charge < -0.3 is 1.43 Å². The first-order chi connectivity index (χ1) is 5.58. The van der Waals surface area contributed by atoms with Crippen LogP contribution in [0, 0.1) is 0 Å². The summed E-state index contributed by atoms with van der Waals surface area (Å²) < 4.78 is 23.8. The van der Waals surface area contributed by atoms with Gasteiger partial charge >= 0.3 is 29.6 Å². The number of sulfonamides is 1. The van der Waals surface area contributed by atoms with Gasteiger partial charge in [-0.2, -0.15) is 0 Å². The molecule has 0 heterocycles. The molecule has 0 aromatic heterocycles. The average Bonchev–Trinajstić information content (AvgIpc) is 2.05. The standard InChI is InChI=1S/C6H5Cl2NO2S.Na.H/c7-5-3-1-2-4-6(5)12(10,11)9-8;;/h1-4,9H;;/q;+1;-1. The van der Waals surface area contributed by atoms with Crippen LogP contribution in [0.15, 0.2) is 29.2 Å². The minimum atomic E-state index is -3.65. The molecule has 1 N–H and O–H groups in total. The molecule has 0 bridgehead atoms. The molecule has 0 radical (unpaired) electrons. The van der Waals surface area contributed by atoms with Crippen LogP contribution in [0.1, 0.15) is 1.43 Å². The van der Waals surface area contributed by atoms with Gasteiger partial charge in [-0.25, -0.2) is 8.42 Å². The Labute approximate surface area is 110 Å². The predicted octanol–water partition coefficient (Wildman–Crippen LogP) is -1.11. The smallest absolute Gasteiger partial charge is 1.00 e. The molecule has 7 heteroatoms.